The van der Waals surface area contributed by atoms with Gasteiger partial charge < -0.3 is 14.6 Å². The van der Waals surface area contributed by atoms with Crippen LogP contribution < -0.4 is 5.32 Å². The summed E-state index contributed by atoms with van der Waals surface area (Å²) in [5.41, 5.74) is 0.402. The number of nitrogens with zero attached hydrogens (tertiary/aromatic N) is 1. The fourth-order valence-corrected chi connectivity index (χ4v) is 1.68. The summed E-state index contributed by atoms with van der Waals surface area (Å²) in [5, 5.41) is 6.33. The Labute approximate surface area is 115 Å². The SMILES string of the molecule is COCCCNC(=O)c1cc(-c2ccccc2F)on1. The van der Waals surface area contributed by atoms with Gasteiger partial charge >= 0.3 is 0 Å². The van der Waals surface area contributed by atoms with Gasteiger partial charge in [-0.05, 0) is 18.6 Å². The topological polar surface area (TPSA) is 64.4 Å². The van der Waals surface area contributed by atoms with Crippen molar-refractivity contribution < 1.29 is 18.4 Å². The van der Waals surface area contributed by atoms with Gasteiger partial charge in [-0.15, -0.1) is 0 Å². The molecule has 2 rings (SSSR count). The summed E-state index contributed by atoms with van der Waals surface area (Å²) in [6, 6.07) is 7.58. The minimum Gasteiger partial charge on any atom is -0.385 e. The molecule has 0 saturated carbocycles. The lowest BCUT2D eigenvalue weighted by Crippen LogP contribution is -2.25. The Morgan fingerprint density at radius 3 is 3.00 bits per heavy atom. The Morgan fingerprint density at radius 1 is 1.45 bits per heavy atom. The van der Waals surface area contributed by atoms with Crippen LogP contribution in [0.3, 0.4) is 0 Å². The third kappa shape index (κ3) is 3.42. The molecule has 0 radical (unpaired) electrons. The zero-order chi connectivity index (χ0) is 14.4. The van der Waals surface area contributed by atoms with Crippen LogP contribution in [0, 0.1) is 5.82 Å². The van der Waals surface area contributed by atoms with Crippen LogP contribution in [0.15, 0.2) is 34.9 Å². The highest BCUT2D eigenvalue weighted by molar-refractivity contribution is 5.93. The zero-order valence-corrected chi connectivity index (χ0v) is 11.1. The van der Waals surface area contributed by atoms with Crippen LogP contribution in [0.4, 0.5) is 4.39 Å². The minimum atomic E-state index is -0.421. The summed E-state index contributed by atoms with van der Waals surface area (Å²) in [7, 11) is 1.60. The smallest absolute Gasteiger partial charge is 0.273 e. The van der Waals surface area contributed by atoms with Gasteiger partial charge in [0, 0.05) is 26.3 Å². The maximum absolute atomic E-state index is 13.6. The fraction of sp³-hybridized carbons (Fsp3) is 0.286. The molecule has 2 aromatic rings. The summed E-state index contributed by atoms with van der Waals surface area (Å²) in [5.74, 6) is -0.548. The number of carbonyl (C=O) groups excluding carboxylic acids is 1. The van der Waals surface area contributed by atoms with E-state index >= 15 is 0 Å². The van der Waals surface area contributed by atoms with E-state index in [1.165, 1.54) is 12.1 Å². The van der Waals surface area contributed by atoms with Gasteiger partial charge in [-0.2, -0.15) is 0 Å². The number of methoxy groups -OCH3 is 1. The van der Waals surface area contributed by atoms with Gasteiger partial charge in [0.05, 0.1) is 5.56 Å². The average molecular weight is 278 g/mol. The molecule has 106 valence electrons. The fourth-order valence-electron chi connectivity index (χ4n) is 1.68. The number of nitrogens with one attached hydrogen (secondary N) is 1. The van der Waals surface area contributed by atoms with E-state index in [1.807, 2.05) is 0 Å². The van der Waals surface area contributed by atoms with Gasteiger partial charge in [-0.25, -0.2) is 4.39 Å². The van der Waals surface area contributed by atoms with E-state index in [2.05, 4.69) is 10.5 Å². The number of aromatic nitrogens is 1. The number of halogens is 1. The van der Waals surface area contributed by atoms with E-state index in [1.54, 1.807) is 25.3 Å². The second kappa shape index (κ2) is 6.81. The average Bonchev–Trinajstić information content (AvgIpc) is 2.93. The van der Waals surface area contributed by atoms with Crippen molar-refractivity contribution in [1.29, 1.82) is 0 Å². The Hall–Kier alpha value is -2.21. The van der Waals surface area contributed by atoms with Crippen molar-refractivity contribution in [1.82, 2.24) is 10.5 Å². The number of amides is 1. The molecule has 6 heteroatoms. The molecule has 1 heterocycles. The predicted octanol–water partition coefficient (Wildman–Crippen LogP) is 2.25. The predicted molar refractivity (Wildman–Crippen MR) is 70.7 cm³/mol. The number of hydrogen-bond acceptors (Lipinski definition) is 4. The Morgan fingerprint density at radius 2 is 2.25 bits per heavy atom. The van der Waals surface area contributed by atoms with Crippen molar-refractivity contribution in [3.63, 3.8) is 0 Å². The van der Waals surface area contributed by atoms with E-state index in [4.69, 9.17) is 9.26 Å². The first-order valence-corrected chi connectivity index (χ1v) is 6.21. The number of ether oxygens (including phenoxy) is 1. The molecule has 1 aromatic heterocycles. The summed E-state index contributed by atoms with van der Waals surface area (Å²) >= 11 is 0. The van der Waals surface area contributed by atoms with Crippen molar-refractivity contribution in [2.45, 2.75) is 6.42 Å². The highest BCUT2D eigenvalue weighted by atomic mass is 19.1. The molecular formula is C14H15FN2O3. The lowest BCUT2D eigenvalue weighted by atomic mass is 10.1. The monoisotopic (exact) mass is 278 g/mol. The molecule has 1 N–H and O–H groups in total. The molecule has 0 aliphatic rings. The molecule has 20 heavy (non-hydrogen) atoms. The summed E-state index contributed by atoms with van der Waals surface area (Å²) in [6.45, 7) is 1.05. The molecule has 0 fully saturated rings. The van der Waals surface area contributed by atoms with Crippen LogP contribution in [0.5, 0.6) is 0 Å². The van der Waals surface area contributed by atoms with E-state index in [-0.39, 0.29) is 22.9 Å². The minimum absolute atomic E-state index is 0.126. The Kier molecular flexibility index (Phi) is 4.84. The molecule has 0 saturated heterocycles. The second-order valence-corrected chi connectivity index (χ2v) is 4.16. The van der Waals surface area contributed by atoms with Gasteiger partial charge in [-0.3, -0.25) is 4.79 Å². The Balaban J connectivity index is 2.02. The van der Waals surface area contributed by atoms with Gasteiger partial charge in [0.15, 0.2) is 11.5 Å². The zero-order valence-electron chi connectivity index (χ0n) is 11.1. The quantitative estimate of drug-likeness (QED) is 0.823. The van der Waals surface area contributed by atoms with Gasteiger partial charge in [0.2, 0.25) is 0 Å². The van der Waals surface area contributed by atoms with Crippen molar-refractivity contribution in [3.8, 4) is 11.3 Å². The second-order valence-electron chi connectivity index (χ2n) is 4.16. The summed E-state index contributed by atoms with van der Waals surface area (Å²) in [6.07, 6.45) is 0.709. The standard InChI is InChI=1S/C14H15FN2O3/c1-19-8-4-7-16-14(18)12-9-13(20-17-12)10-5-2-3-6-11(10)15/h2-3,5-6,9H,4,7-8H2,1H3,(H,16,18). The summed E-state index contributed by atoms with van der Waals surface area (Å²) in [4.78, 5) is 11.8. The van der Waals surface area contributed by atoms with Crippen LogP contribution in [0.1, 0.15) is 16.9 Å². The molecule has 0 spiro atoms. The maximum Gasteiger partial charge on any atom is 0.273 e. The molecule has 1 aromatic carbocycles. The van der Waals surface area contributed by atoms with Crippen molar-refractivity contribution in [3.05, 3.63) is 41.8 Å². The molecular weight excluding hydrogens is 263 g/mol. The van der Waals surface area contributed by atoms with Gasteiger partial charge in [-0.1, -0.05) is 17.3 Å². The normalized spacial score (nSPS) is 10.5. The molecule has 1 amide bonds. The number of benzene rings is 1. The van der Waals surface area contributed by atoms with Crippen LogP contribution in [0.2, 0.25) is 0 Å². The first-order chi connectivity index (χ1) is 9.72. The molecule has 0 aliphatic carbocycles. The summed E-state index contributed by atoms with van der Waals surface area (Å²) < 4.78 is 23.5. The van der Waals surface area contributed by atoms with Crippen molar-refractivity contribution >= 4 is 5.91 Å². The van der Waals surface area contributed by atoms with E-state index in [9.17, 15) is 9.18 Å². The molecule has 0 atom stereocenters. The third-order valence-electron chi connectivity index (χ3n) is 2.69. The maximum atomic E-state index is 13.6. The van der Waals surface area contributed by atoms with Crippen molar-refractivity contribution in [2.75, 3.05) is 20.3 Å². The van der Waals surface area contributed by atoms with E-state index in [0.717, 1.165) is 0 Å². The molecule has 5 nitrogen and oxygen atoms in total. The van der Waals surface area contributed by atoms with Crippen LogP contribution in [-0.2, 0) is 4.74 Å². The highest BCUT2D eigenvalue weighted by Gasteiger charge is 2.15. The van der Waals surface area contributed by atoms with Gasteiger partial charge in [0.1, 0.15) is 5.82 Å². The highest BCUT2D eigenvalue weighted by Crippen LogP contribution is 2.23. The first-order valence-electron chi connectivity index (χ1n) is 6.21. The van der Waals surface area contributed by atoms with Crippen LogP contribution >= 0.6 is 0 Å². The van der Waals surface area contributed by atoms with Crippen LogP contribution in [0.25, 0.3) is 11.3 Å². The Bertz CT molecular complexity index is 583. The van der Waals surface area contributed by atoms with E-state index in [0.29, 0.717) is 19.6 Å². The lowest BCUT2D eigenvalue weighted by Gasteiger charge is -2.01. The first kappa shape index (κ1) is 14.2. The lowest BCUT2D eigenvalue weighted by molar-refractivity contribution is 0.0939. The molecule has 0 unspecified atom stereocenters. The van der Waals surface area contributed by atoms with Crippen LogP contribution in [-0.4, -0.2) is 31.3 Å². The third-order valence-corrected chi connectivity index (χ3v) is 2.69. The van der Waals surface area contributed by atoms with Gasteiger partial charge in [0.25, 0.3) is 5.91 Å². The molecule has 0 bridgehead atoms. The molecule has 0 aliphatic heterocycles. The number of rotatable bonds is 6. The van der Waals surface area contributed by atoms with Crippen molar-refractivity contribution in [2.24, 2.45) is 0 Å². The number of carbonyl (C=O) groups is 1. The largest absolute Gasteiger partial charge is 0.385 e. The van der Waals surface area contributed by atoms with E-state index < -0.39 is 5.82 Å². The number of hydrogen-bond donors (Lipinski definition) is 1.